The number of carboxylic acids is 1. The van der Waals surface area contributed by atoms with Gasteiger partial charge in [0.05, 0.1) is 5.69 Å². The first-order valence-electron chi connectivity index (χ1n) is 8.68. The number of amides is 1. The quantitative estimate of drug-likeness (QED) is 0.887. The summed E-state index contributed by atoms with van der Waals surface area (Å²) in [6, 6.07) is 6.87. The molecule has 0 bridgehead atoms. The molecule has 0 radical (unpaired) electrons. The van der Waals surface area contributed by atoms with Gasteiger partial charge in [-0.05, 0) is 38.1 Å². The van der Waals surface area contributed by atoms with E-state index in [4.69, 9.17) is 4.74 Å². The molecule has 0 aromatic carbocycles. The maximum Gasteiger partial charge on any atom is 0.348 e. The number of aliphatic carboxylic acids is 1. The maximum atomic E-state index is 12.7. The summed E-state index contributed by atoms with van der Waals surface area (Å²) in [5.74, 6) is -0.556. The first-order valence-corrected chi connectivity index (χ1v) is 8.68. The van der Waals surface area contributed by atoms with Crippen LogP contribution >= 0.6 is 0 Å². The van der Waals surface area contributed by atoms with Gasteiger partial charge in [0.2, 0.25) is 11.5 Å². The van der Waals surface area contributed by atoms with Crippen molar-refractivity contribution < 1.29 is 19.4 Å². The van der Waals surface area contributed by atoms with E-state index in [1.807, 2.05) is 36.0 Å². The van der Waals surface area contributed by atoms with Crippen LogP contribution in [0.1, 0.15) is 31.5 Å². The highest BCUT2D eigenvalue weighted by molar-refractivity contribution is 5.82. The van der Waals surface area contributed by atoms with Crippen molar-refractivity contribution in [2.24, 2.45) is 0 Å². The van der Waals surface area contributed by atoms with Crippen molar-refractivity contribution in [1.29, 1.82) is 0 Å². The van der Waals surface area contributed by atoms with E-state index in [1.54, 1.807) is 30.2 Å². The summed E-state index contributed by atoms with van der Waals surface area (Å²) in [7, 11) is 0. The number of aromatic nitrogens is 2. The Hall–Kier alpha value is -2.83. The molecule has 7 heteroatoms. The third-order valence-corrected chi connectivity index (χ3v) is 4.97. The van der Waals surface area contributed by atoms with Crippen molar-refractivity contribution in [2.45, 2.75) is 38.3 Å². The topological polar surface area (TPSA) is 84.7 Å². The Labute approximate surface area is 152 Å². The number of likely N-dealkylation sites (tertiary alicyclic amines) is 1. The van der Waals surface area contributed by atoms with Crippen molar-refractivity contribution in [1.82, 2.24) is 14.5 Å². The predicted octanol–water partition coefficient (Wildman–Crippen LogP) is 2.28. The largest absolute Gasteiger partial charge is 0.478 e. The Morgan fingerprint density at radius 3 is 2.46 bits per heavy atom. The van der Waals surface area contributed by atoms with E-state index in [2.05, 4.69) is 4.98 Å². The molecule has 0 unspecified atom stereocenters. The molecule has 26 heavy (non-hydrogen) atoms. The monoisotopic (exact) mass is 357 g/mol. The lowest BCUT2D eigenvalue weighted by molar-refractivity contribution is -0.162. The van der Waals surface area contributed by atoms with Crippen molar-refractivity contribution in [3.05, 3.63) is 48.5 Å². The zero-order valence-electron chi connectivity index (χ0n) is 15.0. The van der Waals surface area contributed by atoms with Crippen LogP contribution < -0.4 is 4.74 Å². The molecular formula is C19H23N3O4. The minimum atomic E-state index is -1.33. The van der Waals surface area contributed by atoms with Gasteiger partial charge < -0.3 is 19.3 Å². The predicted molar refractivity (Wildman–Crippen MR) is 94.9 cm³/mol. The number of ether oxygens (including phenoxy) is 1. The van der Waals surface area contributed by atoms with Gasteiger partial charge in [-0.15, -0.1) is 0 Å². The van der Waals surface area contributed by atoms with Gasteiger partial charge in [0.15, 0.2) is 0 Å². The smallest absolute Gasteiger partial charge is 0.348 e. The summed E-state index contributed by atoms with van der Waals surface area (Å²) in [6.07, 6.45) is 5.81. The Kier molecular flexibility index (Phi) is 4.97. The van der Waals surface area contributed by atoms with Gasteiger partial charge in [-0.3, -0.25) is 9.78 Å². The number of pyridine rings is 1. The molecule has 2 aromatic heterocycles. The second kappa shape index (κ2) is 7.19. The number of carboxylic acid groups (broad SMARTS) is 1. The molecule has 3 heterocycles. The lowest BCUT2D eigenvalue weighted by atomic mass is 9.90. The second-order valence-electron chi connectivity index (χ2n) is 6.62. The minimum absolute atomic E-state index is 0.0160. The molecule has 7 nitrogen and oxygen atoms in total. The van der Waals surface area contributed by atoms with E-state index in [0.717, 1.165) is 0 Å². The Balaban J connectivity index is 1.70. The van der Waals surface area contributed by atoms with Crippen LogP contribution in [0.2, 0.25) is 0 Å². The lowest BCUT2D eigenvalue weighted by Crippen LogP contribution is -2.55. The zero-order valence-corrected chi connectivity index (χ0v) is 15.0. The zero-order chi connectivity index (χ0) is 18.7. The molecule has 1 aliphatic rings. The molecule has 1 N–H and O–H groups in total. The van der Waals surface area contributed by atoms with E-state index in [9.17, 15) is 14.7 Å². The molecular weight excluding hydrogens is 334 g/mol. The average molecular weight is 357 g/mol. The van der Waals surface area contributed by atoms with Crippen LogP contribution in [0.4, 0.5) is 0 Å². The van der Waals surface area contributed by atoms with E-state index in [0.29, 0.717) is 24.5 Å². The molecule has 1 amide bonds. The normalized spacial score (nSPS) is 17.5. The minimum Gasteiger partial charge on any atom is -0.478 e. The van der Waals surface area contributed by atoms with Gasteiger partial charge >= 0.3 is 5.97 Å². The third-order valence-electron chi connectivity index (χ3n) is 4.97. The van der Waals surface area contributed by atoms with Crippen molar-refractivity contribution in [3.63, 3.8) is 0 Å². The van der Waals surface area contributed by atoms with Crippen LogP contribution in [-0.2, 0) is 9.59 Å². The number of rotatable bonds is 5. The number of carbonyl (C=O) groups is 2. The van der Waals surface area contributed by atoms with Crippen LogP contribution in [0.25, 0.3) is 0 Å². The number of piperidine rings is 1. The molecule has 1 aliphatic heterocycles. The highest BCUT2D eigenvalue weighted by Gasteiger charge is 2.45. The third kappa shape index (κ3) is 3.42. The highest BCUT2D eigenvalue weighted by atomic mass is 16.5. The molecule has 1 fully saturated rings. The van der Waals surface area contributed by atoms with Gasteiger partial charge in [0.1, 0.15) is 11.8 Å². The molecule has 1 atom stereocenters. The molecule has 138 valence electrons. The summed E-state index contributed by atoms with van der Waals surface area (Å²) in [6.45, 7) is 4.31. The van der Waals surface area contributed by atoms with Gasteiger partial charge in [0, 0.05) is 44.5 Å². The van der Waals surface area contributed by atoms with E-state index in [1.165, 1.54) is 0 Å². The van der Waals surface area contributed by atoms with E-state index < -0.39 is 11.6 Å². The number of carbonyl (C=O) groups excluding carboxylic acids is 1. The van der Waals surface area contributed by atoms with Gasteiger partial charge in [-0.25, -0.2) is 4.79 Å². The van der Waals surface area contributed by atoms with Crippen LogP contribution in [0.3, 0.4) is 0 Å². The number of aryl methyl sites for hydroxylation is 1. The van der Waals surface area contributed by atoms with Crippen LogP contribution in [-0.4, -0.2) is 50.1 Å². The molecule has 2 aromatic rings. The highest BCUT2D eigenvalue weighted by Crippen LogP contribution is 2.31. The Morgan fingerprint density at radius 1 is 1.23 bits per heavy atom. The van der Waals surface area contributed by atoms with Crippen molar-refractivity contribution in [3.8, 4) is 5.75 Å². The SMILES string of the molecule is Cc1ncccc1OC1(C(=O)O)CCN(C(=O)[C@H](C)n2cccc2)CC1. The van der Waals surface area contributed by atoms with Crippen molar-refractivity contribution in [2.75, 3.05) is 13.1 Å². The number of hydrogen-bond acceptors (Lipinski definition) is 4. The number of hydrogen-bond donors (Lipinski definition) is 1. The Morgan fingerprint density at radius 2 is 1.88 bits per heavy atom. The van der Waals surface area contributed by atoms with E-state index in [-0.39, 0.29) is 24.8 Å². The summed E-state index contributed by atoms with van der Waals surface area (Å²) in [5.41, 5.74) is -0.686. The molecule has 0 saturated carbocycles. The first kappa shape index (κ1) is 18.0. The number of nitrogens with zero attached hydrogens (tertiary/aromatic N) is 3. The van der Waals surface area contributed by atoms with Crippen LogP contribution in [0.5, 0.6) is 5.75 Å². The van der Waals surface area contributed by atoms with Crippen molar-refractivity contribution >= 4 is 11.9 Å². The fourth-order valence-corrected chi connectivity index (χ4v) is 3.23. The summed E-state index contributed by atoms with van der Waals surface area (Å²) < 4.78 is 7.73. The summed E-state index contributed by atoms with van der Waals surface area (Å²) >= 11 is 0. The maximum absolute atomic E-state index is 12.7. The average Bonchev–Trinajstić information content (AvgIpc) is 3.17. The Bertz CT molecular complexity index is 780. The first-order chi connectivity index (χ1) is 12.4. The molecule has 0 spiro atoms. The van der Waals surface area contributed by atoms with E-state index >= 15 is 0 Å². The fraction of sp³-hybridized carbons (Fsp3) is 0.421. The van der Waals surface area contributed by atoms with Crippen LogP contribution in [0, 0.1) is 6.92 Å². The molecule has 1 saturated heterocycles. The molecule has 0 aliphatic carbocycles. The standard InChI is InChI=1S/C19H23N3O4/c1-14-16(6-5-9-20-14)26-19(18(24)25)7-12-22(13-8-19)17(23)15(2)21-10-3-4-11-21/h3-6,9-11,15H,7-8,12-13H2,1-2H3,(H,24,25)/t15-/m0/s1. The van der Waals surface area contributed by atoms with Gasteiger partial charge in [-0.1, -0.05) is 0 Å². The van der Waals surface area contributed by atoms with Gasteiger partial charge in [0.25, 0.3) is 0 Å². The van der Waals surface area contributed by atoms with Crippen LogP contribution in [0.15, 0.2) is 42.9 Å². The molecule has 3 rings (SSSR count). The summed E-state index contributed by atoms with van der Waals surface area (Å²) in [4.78, 5) is 30.5. The lowest BCUT2D eigenvalue weighted by Gasteiger charge is -2.39. The summed E-state index contributed by atoms with van der Waals surface area (Å²) in [5, 5.41) is 9.77. The second-order valence-corrected chi connectivity index (χ2v) is 6.62. The van der Waals surface area contributed by atoms with Gasteiger partial charge in [-0.2, -0.15) is 0 Å². The fourth-order valence-electron chi connectivity index (χ4n) is 3.23.